The Balaban J connectivity index is 2.58. The molecular weight excluding hydrogens is 221 g/mol. The maximum absolute atomic E-state index is 12.9. The lowest BCUT2D eigenvalue weighted by atomic mass is 9.86. The van der Waals surface area contributed by atoms with Crippen LogP contribution in [-0.4, -0.2) is 17.9 Å². The molecule has 1 aliphatic rings. The summed E-state index contributed by atoms with van der Waals surface area (Å²) in [6.45, 7) is 0.644. The Morgan fingerprint density at radius 2 is 2.00 bits per heavy atom. The predicted octanol–water partition coefficient (Wildman–Crippen LogP) is 2.53. The van der Waals surface area contributed by atoms with Gasteiger partial charge < -0.3 is 9.84 Å². The Morgan fingerprint density at radius 3 is 2.62 bits per heavy atom. The second-order valence-corrected chi connectivity index (χ2v) is 3.95. The summed E-state index contributed by atoms with van der Waals surface area (Å²) in [6.07, 6.45) is -5.49. The Kier molecular flexibility index (Phi) is 2.47. The fraction of sp³-hybridized carbons (Fsp3) is 0.455. The van der Waals surface area contributed by atoms with Crippen molar-refractivity contribution in [2.45, 2.75) is 24.8 Å². The van der Waals surface area contributed by atoms with E-state index in [1.807, 2.05) is 0 Å². The maximum atomic E-state index is 12.9. The molecular formula is C11H11F3O2. The SMILES string of the molecule is CC1(C(F)(F)F)OCC(O)c2ccccc21. The van der Waals surface area contributed by atoms with Gasteiger partial charge in [0.1, 0.15) is 6.10 Å². The summed E-state index contributed by atoms with van der Waals surface area (Å²) in [5.74, 6) is 0. The minimum Gasteiger partial charge on any atom is -0.386 e. The van der Waals surface area contributed by atoms with Crippen molar-refractivity contribution in [3.8, 4) is 0 Å². The largest absolute Gasteiger partial charge is 0.421 e. The van der Waals surface area contributed by atoms with Gasteiger partial charge in [0, 0.05) is 0 Å². The van der Waals surface area contributed by atoms with Crippen molar-refractivity contribution in [1.82, 2.24) is 0 Å². The lowest BCUT2D eigenvalue weighted by Crippen LogP contribution is -2.46. The third kappa shape index (κ3) is 1.51. The van der Waals surface area contributed by atoms with Crippen molar-refractivity contribution in [3.05, 3.63) is 35.4 Å². The predicted molar refractivity (Wildman–Crippen MR) is 50.8 cm³/mol. The summed E-state index contributed by atoms with van der Waals surface area (Å²) in [5, 5.41) is 9.57. The second-order valence-electron chi connectivity index (χ2n) is 3.95. The number of hydrogen-bond acceptors (Lipinski definition) is 2. The van der Waals surface area contributed by atoms with E-state index in [-0.39, 0.29) is 17.7 Å². The molecule has 0 bridgehead atoms. The molecule has 2 nitrogen and oxygen atoms in total. The molecule has 2 unspecified atom stereocenters. The van der Waals surface area contributed by atoms with Gasteiger partial charge in [-0.05, 0) is 18.1 Å². The van der Waals surface area contributed by atoms with E-state index in [1.165, 1.54) is 18.2 Å². The van der Waals surface area contributed by atoms with Crippen LogP contribution in [0.2, 0.25) is 0 Å². The van der Waals surface area contributed by atoms with Crippen molar-refractivity contribution < 1.29 is 23.0 Å². The van der Waals surface area contributed by atoms with E-state index in [0.717, 1.165) is 6.92 Å². The quantitative estimate of drug-likeness (QED) is 0.744. The molecule has 0 aromatic heterocycles. The average molecular weight is 232 g/mol. The van der Waals surface area contributed by atoms with E-state index in [4.69, 9.17) is 4.74 Å². The van der Waals surface area contributed by atoms with Crippen molar-refractivity contribution >= 4 is 0 Å². The van der Waals surface area contributed by atoms with Crippen LogP contribution in [0.4, 0.5) is 13.2 Å². The van der Waals surface area contributed by atoms with Gasteiger partial charge in [-0.25, -0.2) is 0 Å². The summed E-state index contributed by atoms with van der Waals surface area (Å²) in [7, 11) is 0. The van der Waals surface area contributed by atoms with Crippen LogP contribution in [0.1, 0.15) is 24.2 Å². The minimum absolute atomic E-state index is 0.0127. The number of hydrogen-bond donors (Lipinski definition) is 1. The van der Waals surface area contributed by atoms with Crippen molar-refractivity contribution in [2.75, 3.05) is 6.61 Å². The molecule has 5 heteroatoms. The molecule has 1 aliphatic heterocycles. The summed E-state index contributed by atoms with van der Waals surface area (Å²) in [6, 6.07) is 5.94. The van der Waals surface area contributed by atoms with Crippen molar-refractivity contribution in [3.63, 3.8) is 0 Å². The lowest BCUT2D eigenvalue weighted by Gasteiger charge is -2.39. The number of aliphatic hydroxyl groups excluding tert-OH is 1. The number of halogens is 3. The highest BCUT2D eigenvalue weighted by Gasteiger charge is 2.56. The van der Waals surface area contributed by atoms with Crippen LogP contribution >= 0.6 is 0 Å². The monoisotopic (exact) mass is 232 g/mol. The first-order valence-electron chi connectivity index (χ1n) is 4.84. The molecule has 1 N–H and O–H groups in total. The molecule has 0 fully saturated rings. The molecule has 1 aromatic rings. The standard InChI is InChI=1S/C11H11F3O2/c1-10(11(12,13)14)8-5-3-2-4-7(8)9(15)6-16-10/h2-5,9,15H,6H2,1H3. The van der Waals surface area contributed by atoms with Crippen LogP contribution in [0.25, 0.3) is 0 Å². The summed E-state index contributed by atoms with van der Waals surface area (Å²) >= 11 is 0. The molecule has 88 valence electrons. The zero-order valence-corrected chi connectivity index (χ0v) is 8.58. The van der Waals surface area contributed by atoms with Crippen molar-refractivity contribution in [2.24, 2.45) is 0 Å². The zero-order valence-electron chi connectivity index (χ0n) is 8.58. The maximum Gasteiger partial charge on any atom is 0.421 e. The molecule has 2 rings (SSSR count). The van der Waals surface area contributed by atoms with E-state index >= 15 is 0 Å². The van der Waals surface area contributed by atoms with Gasteiger partial charge in [0.25, 0.3) is 0 Å². The molecule has 16 heavy (non-hydrogen) atoms. The first-order valence-corrected chi connectivity index (χ1v) is 4.84. The van der Waals surface area contributed by atoms with Gasteiger partial charge >= 0.3 is 6.18 Å². The Bertz CT molecular complexity index is 402. The van der Waals surface area contributed by atoms with Crippen molar-refractivity contribution in [1.29, 1.82) is 0 Å². The van der Waals surface area contributed by atoms with Gasteiger partial charge in [0.2, 0.25) is 0 Å². The van der Waals surface area contributed by atoms with Gasteiger partial charge in [-0.3, -0.25) is 0 Å². The Morgan fingerprint density at radius 1 is 1.38 bits per heavy atom. The van der Waals surface area contributed by atoms with Crippen LogP contribution in [0.15, 0.2) is 24.3 Å². The lowest BCUT2D eigenvalue weighted by molar-refractivity contribution is -0.288. The van der Waals surface area contributed by atoms with Crippen LogP contribution in [0.3, 0.4) is 0 Å². The van der Waals surface area contributed by atoms with E-state index in [1.54, 1.807) is 6.07 Å². The van der Waals surface area contributed by atoms with Crippen LogP contribution in [0.5, 0.6) is 0 Å². The first kappa shape index (κ1) is 11.4. The zero-order chi connectivity index (χ0) is 12.0. The van der Waals surface area contributed by atoms with E-state index in [9.17, 15) is 18.3 Å². The normalized spacial score (nSPS) is 29.9. The number of alkyl halides is 3. The number of ether oxygens (including phenoxy) is 1. The first-order chi connectivity index (χ1) is 7.36. The van der Waals surface area contributed by atoms with Crippen LogP contribution < -0.4 is 0 Å². The second kappa shape index (κ2) is 3.46. The Labute approximate surface area is 90.7 Å². The third-order valence-electron chi connectivity index (χ3n) is 2.90. The highest BCUT2D eigenvalue weighted by molar-refractivity contribution is 5.36. The Hall–Kier alpha value is -1.07. The molecule has 0 amide bonds. The molecule has 1 aromatic carbocycles. The summed E-state index contributed by atoms with van der Waals surface area (Å²) in [5.41, 5.74) is -2.06. The molecule has 0 aliphatic carbocycles. The summed E-state index contributed by atoms with van der Waals surface area (Å²) in [4.78, 5) is 0. The van der Waals surface area contributed by atoms with Crippen LogP contribution in [0, 0.1) is 0 Å². The number of fused-ring (bicyclic) bond motifs is 1. The van der Waals surface area contributed by atoms with Gasteiger partial charge in [0.05, 0.1) is 6.61 Å². The molecule has 0 saturated carbocycles. The van der Waals surface area contributed by atoms with Gasteiger partial charge in [-0.1, -0.05) is 24.3 Å². The third-order valence-corrected chi connectivity index (χ3v) is 2.90. The average Bonchev–Trinajstić information content (AvgIpc) is 2.23. The topological polar surface area (TPSA) is 29.5 Å². The van der Waals surface area contributed by atoms with E-state index in [0.29, 0.717) is 0 Å². The number of rotatable bonds is 0. The highest BCUT2D eigenvalue weighted by atomic mass is 19.4. The molecule has 0 spiro atoms. The molecule has 2 atom stereocenters. The number of benzene rings is 1. The summed E-state index contributed by atoms with van der Waals surface area (Å²) < 4.78 is 43.6. The molecule has 0 radical (unpaired) electrons. The van der Waals surface area contributed by atoms with Gasteiger partial charge in [0.15, 0.2) is 5.60 Å². The molecule has 1 heterocycles. The van der Waals surface area contributed by atoms with Gasteiger partial charge in [-0.2, -0.15) is 13.2 Å². The highest BCUT2D eigenvalue weighted by Crippen LogP contribution is 2.47. The fourth-order valence-corrected chi connectivity index (χ4v) is 1.87. The minimum atomic E-state index is -4.50. The van der Waals surface area contributed by atoms with Gasteiger partial charge in [-0.15, -0.1) is 0 Å². The van der Waals surface area contributed by atoms with E-state index < -0.39 is 17.9 Å². The fourth-order valence-electron chi connectivity index (χ4n) is 1.87. The van der Waals surface area contributed by atoms with Crippen LogP contribution in [-0.2, 0) is 10.3 Å². The number of aliphatic hydroxyl groups is 1. The van der Waals surface area contributed by atoms with E-state index in [2.05, 4.69) is 0 Å². The smallest absolute Gasteiger partial charge is 0.386 e. The molecule has 0 saturated heterocycles.